The molecule has 0 unspecified atom stereocenters. The number of benzene rings is 1. The van der Waals surface area contributed by atoms with Crippen molar-refractivity contribution in [1.29, 1.82) is 0 Å². The minimum atomic E-state index is -4.67. The number of halogens is 4. The van der Waals surface area contributed by atoms with Crippen LogP contribution in [-0.4, -0.2) is 39.7 Å². The lowest BCUT2D eigenvalue weighted by molar-refractivity contribution is -0.137. The molecule has 2 heterocycles. The first kappa shape index (κ1) is 20.8. The predicted molar refractivity (Wildman–Crippen MR) is 97.7 cm³/mol. The molecule has 11 heteroatoms. The highest BCUT2D eigenvalue weighted by Gasteiger charge is 2.32. The fourth-order valence-corrected chi connectivity index (χ4v) is 4.22. The van der Waals surface area contributed by atoms with Gasteiger partial charge in [0.2, 0.25) is 10.0 Å². The van der Waals surface area contributed by atoms with Crippen molar-refractivity contribution in [2.45, 2.75) is 17.6 Å². The summed E-state index contributed by atoms with van der Waals surface area (Å²) in [4.78, 5) is 5.65. The Morgan fingerprint density at radius 1 is 1.18 bits per heavy atom. The van der Waals surface area contributed by atoms with Gasteiger partial charge >= 0.3 is 6.18 Å². The molecule has 0 bridgehead atoms. The van der Waals surface area contributed by atoms with Crippen LogP contribution in [0.1, 0.15) is 11.1 Å². The zero-order chi connectivity index (χ0) is 20.4. The smallest absolute Gasteiger partial charge is 0.378 e. The molecule has 1 aromatic heterocycles. The zero-order valence-corrected chi connectivity index (χ0v) is 16.1. The molecule has 0 radical (unpaired) electrons. The molecule has 0 saturated carbocycles. The van der Waals surface area contributed by atoms with E-state index in [1.807, 2.05) is 4.90 Å². The first-order chi connectivity index (χ1) is 13.2. The molecular weight excluding hydrogens is 419 g/mol. The average Bonchev–Trinajstić information content (AvgIpc) is 2.67. The van der Waals surface area contributed by atoms with E-state index in [4.69, 9.17) is 16.3 Å². The van der Waals surface area contributed by atoms with Gasteiger partial charge in [-0.15, -0.1) is 0 Å². The summed E-state index contributed by atoms with van der Waals surface area (Å²) in [7, 11) is -4.25. The van der Waals surface area contributed by atoms with Gasteiger partial charge in [-0.25, -0.2) is 18.1 Å². The van der Waals surface area contributed by atoms with Crippen LogP contribution >= 0.6 is 11.6 Å². The van der Waals surface area contributed by atoms with E-state index in [-0.39, 0.29) is 11.6 Å². The lowest BCUT2D eigenvalue weighted by Crippen LogP contribution is -2.36. The van der Waals surface area contributed by atoms with E-state index in [1.165, 1.54) is 0 Å². The summed E-state index contributed by atoms with van der Waals surface area (Å²) in [5, 5.41) is -0.288. The van der Waals surface area contributed by atoms with Gasteiger partial charge in [-0.05, 0) is 35.9 Å². The highest BCUT2D eigenvalue weighted by atomic mass is 35.5. The second-order valence-corrected chi connectivity index (χ2v) is 8.23. The Labute approximate surface area is 165 Å². The van der Waals surface area contributed by atoms with Gasteiger partial charge in [0.1, 0.15) is 10.7 Å². The summed E-state index contributed by atoms with van der Waals surface area (Å²) in [6, 6.07) is 5.53. The minimum Gasteiger partial charge on any atom is -0.378 e. The van der Waals surface area contributed by atoms with Crippen LogP contribution in [0.4, 0.5) is 19.0 Å². The predicted octanol–water partition coefficient (Wildman–Crippen LogP) is 3.07. The van der Waals surface area contributed by atoms with Gasteiger partial charge in [0, 0.05) is 25.8 Å². The summed E-state index contributed by atoms with van der Waals surface area (Å²) in [5.41, 5.74) is -0.473. The molecule has 6 nitrogen and oxygen atoms in total. The lowest BCUT2D eigenvalue weighted by Gasteiger charge is -2.28. The van der Waals surface area contributed by atoms with Gasteiger partial charge in [0.25, 0.3) is 0 Å². The SMILES string of the molecule is O=S(=O)(NCc1ccnc(N2CCOCC2)c1)c1cc(C(F)(F)F)ccc1Cl. The number of anilines is 1. The fraction of sp³-hybridized carbons (Fsp3) is 0.353. The molecule has 2 aromatic rings. The monoisotopic (exact) mass is 435 g/mol. The van der Waals surface area contributed by atoms with Gasteiger partial charge < -0.3 is 9.64 Å². The van der Waals surface area contributed by atoms with Crippen LogP contribution in [0.3, 0.4) is 0 Å². The molecule has 152 valence electrons. The second kappa shape index (κ2) is 8.24. The number of ether oxygens (including phenoxy) is 1. The summed E-state index contributed by atoms with van der Waals surface area (Å²) in [5.74, 6) is 0.678. The largest absolute Gasteiger partial charge is 0.416 e. The first-order valence-corrected chi connectivity index (χ1v) is 10.2. The van der Waals surface area contributed by atoms with Crippen molar-refractivity contribution in [3.8, 4) is 0 Å². The van der Waals surface area contributed by atoms with Gasteiger partial charge in [-0.2, -0.15) is 13.2 Å². The van der Waals surface area contributed by atoms with E-state index >= 15 is 0 Å². The number of hydrogen-bond acceptors (Lipinski definition) is 5. The van der Waals surface area contributed by atoms with Crippen LogP contribution in [0, 0.1) is 0 Å². The van der Waals surface area contributed by atoms with Gasteiger partial charge in [-0.1, -0.05) is 11.6 Å². The first-order valence-electron chi connectivity index (χ1n) is 8.31. The Morgan fingerprint density at radius 2 is 1.89 bits per heavy atom. The fourth-order valence-electron chi connectivity index (χ4n) is 2.68. The zero-order valence-electron chi connectivity index (χ0n) is 14.5. The Kier molecular flexibility index (Phi) is 6.13. The van der Waals surface area contributed by atoms with E-state index in [0.29, 0.717) is 43.8 Å². The third-order valence-corrected chi connectivity index (χ3v) is 6.04. The van der Waals surface area contributed by atoms with Crippen molar-refractivity contribution < 1.29 is 26.3 Å². The minimum absolute atomic E-state index is 0.116. The summed E-state index contributed by atoms with van der Waals surface area (Å²) < 4.78 is 71.2. The van der Waals surface area contributed by atoms with E-state index in [1.54, 1.807) is 18.3 Å². The molecule has 3 rings (SSSR count). The molecule has 0 aliphatic carbocycles. The highest BCUT2D eigenvalue weighted by Crippen LogP contribution is 2.33. The molecule has 1 aliphatic rings. The summed E-state index contributed by atoms with van der Waals surface area (Å²) in [6.45, 7) is 2.37. The van der Waals surface area contributed by atoms with Crippen LogP contribution < -0.4 is 9.62 Å². The van der Waals surface area contributed by atoms with Crippen LogP contribution in [0.5, 0.6) is 0 Å². The third-order valence-electron chi connectivity index (χ3n) is 4.16. The third kappa shape index (κ3) is 4.93. The number of nitrogens with one attached hydrogen (secondary N) is 1. The second-order valence-electron chi connectivity index (χ2n) is 6.09. The molecule has 1 N–H and O–H groups in total. The number of rotatable bonds is 5. The Bertz CT molecular complexity index is 948. The Morgan fingerprint density at radius 3 is 2.57 bits per heavy atom. The van der Waals surface area contributed by atoms with Crippen molar-refractivity contribution in [1.82, 2.24) is 9.71 Å². The van der Waals surface area contributed by atoms with Crippen LogP contribution in [0.15, 0.2) is 41.4 Å². The normalized spacial score (nSPS) is 15.6. The number of alkyl halides is 3. The average molecular weight is 436 g/mol. The highest BCUT2D eigenvalue weighted by molar-refractivity contribution is 7.89. The number of hydrogen-bond donors (Lipinski definition) is 1. The number of morpholine rings is 1. The summed E-state index contributed by atoms with van der Waals surface area (Å²) in [6.07, 6.45) is -3.13. The van der Waals surface area contributed by atoms with Crippen LogP contribution in [0.25, 0.3) is 0 Å². The molecule has 28 heavy (non-hydrogen) atoms. The number of nitrogens with zero attached hydrogens (tertiary/aromatic N) is 2. The van der Waals surface area contributed by atoms with Crippen molar-refractivity contribution >= 4 is 27.4 Å². The molecule has 0 atom stereocenters. The maximum absolute atomic E-state index is 12.9. The molecule has 1 aliphatic heterocycles. The molecule has 0 amide bonds. The molecular formula is C17H17ClF3N3O3S. The van der Waals surface area contributed by atoms with Crippen molar-refractivity contribution in [3.05, 3.63) is 52.7 Å². The molecule has 1 fully saturated rings. The van der Waals surface area contributed by atoms with Gasteiger partial charge in [-0.3, -0.25) is 0 Å². The van der Waals surface area contributed by atoms with Gasteiger partial charge in [0.05, 0.1) is 23.8 Å². The standard InChI is InChI=1S/C17H17ClF3N3O3S/c18-14-2-1-13(17(19,20)21)10-15(14)28(25,26)23-11-12-3-4-22-16(9-12)24-5-7-27-8-6-24/h1-4,9-10,23H,5-8,11H2. The van der Waals surface area contributed by atoms with Crippen molar-refractivity contribution in [3.63, 3.8) is 0 Å². The quantitative estimate of drug-likeness (QED) is 0.781. The maximum atomic E-state index is 12.9. The van der Waals surface area contributed by atoms with Crippen molar-refractivity contribution in [2.24, 2.45) is 0 Å². The van der Waals surface area contributed by atoms with E-state index in [2.05, 4.69) is 9.71 Å². The van der Waals surface area contributed by atoms with Crippen LogP contribution in [0.2, 0.25) is 5.02 Å². The number of sulfonamides is 1. The lowest BCUT2D eigenvalue weighted by atomic mass is 10.2. The number of aromatic nitrogens is 1. The molecule has 1 saturated heterocycles. The van der Waals surface area contributed by atoms with Crippen LogP contribution in [-0.2, 0) is 27.5 Å². The van der Waals surface area contributed by atoms with E-state index < -0.39 is 26.7 Å². The Hall–Kier alpha value is -1.88. The molecule has 0 spiro atoms. The summed E-state index contributed by atoms with van der Waals surface area (Å²) >= 11 is 5.82. The topological polar surface area (TPSA) is 71.5 Å². The number of pyridine rings is 1. The van der Waals surface area contributed by atoms with Gasteiger partial charge in [0.15, 0.2) is 0 Å². The Balaban J connectivity index is 1.77. The van der Waals surface area contributed by atoms with Crippen molar-refractivity contribution in [2.75, 3.05) is 31.2 Å². The molecule has 1 aromatic carbocycles. The van der Waals surface area contributed by atoms with E-state index in [0.717, 1.165) is 12.1 Å². The van der Waals surface area contributed by atoms with E-state index in [9.17, 15) is 21.6 Å². The maximum Gasteiger partial charge on any atom is 0.416 e.